The molecular weight excluding hydrogens is 140 g/mol. The van der Waals surface area contributed by atoms with Crippen LogP contribution in [0.3, 0.4) is 0 Å². The smallest absolute Gasteiger partial charge is 0.450 e. The number of aliphatic hydroxyl groups is 2. The normalized spacial score (nSPS) is 8.40. The number of aliphatic hydroxyl groups excluding tert-OH is 1. The molecule has 0 spiro atoms. The lowest BCUT2D eigenvalue weighted by Gasteiger charge is -1.94. The number of hydrogen-bond donors (Lipinski definition) is 4. The molecule has 5 nitrogen and oxygen atoms in total. The van der Waals surface area contributed by atoms with E-state index in [0.29, 0.717) is 6.42 Å². The monoisotopic (exact) mass is 152 g/mol. The van der Waals surface area contributed by atoms with E-state index >= 15 is 0 Å². The van der Waals surface area contributed by atoms with Gasteiger partial charge in [0.05, 0.1) is 0 Å². The Morgan fingerprint density at radius 3 is 1.70 bits per heavy atom. The van der Waals surface area contributed by atoms with Crippen LogP contribution in [0.15, 0.2) is 0 Å². The summed E-state index contributed by atoms with van der Waals surface area (Å²) < 4.78 is 0. The molecule has 0 saturated carbocycles. The lowest BCUT2D eigenvalue weighted by molar-refractivity contribution is -0.0453. The Kier molecular flexibility index (Phi) is 9.77. The molecule has 0 radical (unpaired) electrons. The van der Waals surface area contributed by atoms with E-state index < -0.39 is 12.4 Å². The van der Waals surface area contributed by atoms with Gasteiger partial charge in [-0.15, -0.1) is 0 Å². The summed E-state index contributed by atoms with van der Waals surface area (Å²) in [6, 6.07) is 0. The van der Waals surface area contributed by atoms with E-state index in [-0.39, 0.29) is 0 Å². The van der Waals surface area contributed by atoms with Gasteiger partial charge in [-0.05, 0) is 6.42 Å². The molecule has 0 aromatic rings. The number of hydrogen-bond acceptors (Lipinski definition) is 3. The molecule has 4 N–H and O–H groups in total. The molecule has 0 unspecified atom stereocenters. The highest BCUT2D eigenvalue weighted by molar-refractivity contribution is 5.53. The minimum absolute atomic E-state index is 0.486. The van der Waals surface area contributed by atoms with Crippen molar-refractivity contribution in [1.82, 2.24) is 0 Å². The summed E-state index contributed by atoms with van der Waals surface area (Å²) in [5.74, 6) is 0. The van der Waals surface area contributed by atoms with E-state index in [2.05, 4.69) is 0 Å². The van der Waals surface area contributed by atoms with Crippen molar-refractivity contribution >= 4 is 6.16 Å². The van der Waals surface area contributed by atoms with Gasteiger partial charge in [0.2, 0.25) is 0 Å². The Hall–Kier alpha value is -0.810. The zero-order valence-electron chi connectivity index (χ0n) is 5.69. The molecular formula is C5H12O5. The third kappa shape index (κ3) is 57.4. The van der Waals surface area contributed by atoms with Gasteiger partial charge in [0.15, 0.2) is 6.29 Å². The first kappa shape index (κ1) is 11.9. The summed E-state index contributed by atoms with van der Waals surface area (Å²) in [6.45, 7) is 1.90. The van der Waals surface area contributed by atoms with Crippen molar-refractivity contribution in [2.45, 2.75) is 26.1 Å². The maximum Gasteiger partial charge on any atom is 0.503 e. The molecule has 10 heavy (non-hydrogen) atoms. The molecule has 0 aromatic heterocycles. The second-order valence-electron chi connectivity index (χ2n) is 1.55. The standard InChI is InChI=1S/C4H10O2.CH2O3/c1-2-3-4(5)6;2-1(3)4/h4-6H,2-3H2,1H3;(H2,2,3,4). The summed E-state index contributed by atoms with van der Waals surface area (Å²) in [6.07, 6.45) is -1.62. The Morgan fingerprint density at radius 1 is 1.40 bits per heavy atom. The van der Waals surface area contributed by atoms with Crippen molar-refractivity contribution in [2.24, 2.45) is 0 Å². The average molecular weight is 152 g/mol. The molecule has 0 saturated heterocycles. The summed E-state index contributed by atoms with van der Waals surface area (Å²) in [5, 5.41) is 30.2. The van der Waals surface area contributed by atoms with E-state index in [4.69, 9.17) is 25.2 Å². The van der Waals surface area contributed by atoms with E-state index in [1.54, 1.807) is 0 Å². The maximum absolute atomic E-state index is 8.56. The first-order valence-electron chi connectivity index (χ1n) is 2.78. The molecule has 0 fully saturated rings. The van der Waals surface area contributed by atoms with E-state index in [1.165, 1.54) is 0 Å². The van der Waals surface area contributed by atoms with Crippen LogP contribution in [0.4, 0.5) is 4.79 Å². The fraction of sp³-hybridized carbons (Fsp3) is 0.800. The van der Waals surface area contributed by atoms with Crippen molar-refractivity contribution < 1.29 is 25.2 Å². The number of rotatable bonds is 2. The van der Waals surface area contributed by atoms with Crippen LogP contribution in [0.25, 0.3) is 0 Å². The third-order valence-corrected chi connectivity index (χ3v) is 0.547. The van der Waals surface area contributed by atoms with Crippen LogP contribution in [0, 0.1) is 0 Å². The molecule has 0 aromatic carbocycles. The van der Waals surface area contributed by atoms with Crippen LogP contribution < -0.4 is 0 Å². The molecule has 62 valence electrons. The topological polar surface area (TPSA) is 98.0 Å². The van der Waals surface area contributed by atoms with E-state index in [9.17, 15) is 0 Å². The highest BCUT2D eigenvalue weighted by Gasteiger charge is 1.89. The first-order valence-corrected chi connectivity index (χ1v) is 2.78. The largest absolute Gasteiger partial charge is 0.503 e. The lowest BCUT2D eigenvalue weighted by Crippen LogP contribution is -2.01. The zero-order chi connectivity index (χ0) is 8.57. The Balaban J connectivity index is 0. The zero-order valence-corrected chi connectivity index (χ0v) is 5.69. The fourth-order valence-corrected chi connectivity index (χ4v) is 0.258. The molecule has 0 heterocycles. The number of carbonyl (C=O) groups is 1. The second-order valence-corrected chi connectivity index (χ2v) is 1.55. The van der Waals surface area contributed by atoms with E-state index in [1.807, 2.05) is 6.92 Å². The fourth-order valence-electron chi connectivity index (χ4n) is 0.258. The molecule has 0 atom stereocenters. The van der Waals surface area contributed by atoms with Crippen LogP contribution in [0.5, 0.6) is 0 Å². The first-order chi connectivity index (χ1) is 4.50. The van der Waals surface area contributed by atoms with Gasteiger partial charge in [-0.1, -0.05) is 13.3 Å². The van der Waals surface area contributed by atoms with Crippen LogP contribution in [-0.4, -0.2) is 32.9 Å². The van der Waals surface area contributed by atoms with Crippen molar-refractivity contribution in [3.63, 3.8) is 0 Å². The van der Waals surface area contributed by atoms with Gasteiger partial charge in [-0.25, -0.2) is 4.79 Å². The third-order valence-electron chi connectivity index (χ3n) is 0.547. The van der Waals surface area contributed by atoms with Gasteiger partial charge in [-0.2, -0.15) is 0 Å². The Morgan fingerprint density at radius 2 is 1.70 bits per heavy atom. The number of carboxylic acid groups (broad SMARTS) is 2. The highest BCUT2D eigenvalue weighted by Crippen LogP contribution is 1.88. The van der Waals surface area contributed by atoms with Gasteiger partial charge >= 0.3 is 6.16 Å². The minimum Gasteiger partial charge on any atom is -0.450 e. The molecule has 0 aliphatic rings. The summed E-state index contributed by atoms with van der Waals surface area (Å²) in [4.78, 5) is 8.56. The second kappa shape index (κ2) is 8.19. The van der Waals surface area contributed by atoms with Crippen molar-refractivity contribution in [3.8, 4) is 0 Å². The molecule has 5 heteroatoms. The van der Waals surface area contributed by atoms with E-state index in [0.717, 1.165) is 6.42 Å². The highest BCUT2D eigenvalue weighted by atomic mass is 16.6. The SMILES string of the molecule is CCCC(O)O.O=C(O)O. The molecule has 0 aliphatic carbocycles. The lowest BCUT2D eigenvalue weighted by atomic mass is 10.3. The van der Waals surface area contributed by atoms with Crippen molar-refractivity contribution in [2.75, 3.05) is 0 Å². The summed E-state index contributed by atoms with van der Waals surface area (Å²) in [7, 11) is 0. The van der Waals surface area contributed by atoms with Gasteiger partial charge in [0.25, 0.3) is 0 Å². The average Bonchev–Trinajstić information content (AvgIpc) is 1.62. The predicted molar refractivity (Wildman–Crippen MR) is 33.8 cm³/mol. The van der Waals surface area contributed by atoms with Gasteiger partial charge < -0.3 is 20.4 Å². The predicted octanol–water partition coefficient (Wildman–Crippen LogP) is 0.320. The summed E-state index contributed by atoms with van der Waals surface area (Å²) in [5.41, 5.74) is 0. The summed E-state index contributed by atoms with van der Waals surface area (Å²) >= 11 is 0. The van der Waals surface area contributed by atoms with Gasteiger partial charge in [0, 0.05) is 0 Å². The van der Waals surface area contributed by atoms with Gasteiger partial charge in [0.1, 0.15) is 0 Å². The maximum atomic E-state index is 8.56. The molecule has 0 amide bonds. The van der Waals surface area contributed by atoms with Crippen LogP contribution in [0.1, 0.15) is 19.8 Å². The van der Waals surface area contributed by atoms with Crippen LogP contribution in [-0.2, 0) is 0 Å². The molecule has 0 bridgehead atoms. The van der Waals surface area contributed by atoms with Gasteiger partial charge in [-0.3, -0.25) is 0 Å². The van der Waals surface area contributed by atoms with Crippen LogP contribution in [0.2, 0.25) is 0 Å². The van der Waals surface area contributed by atoms with Crippen molar-refractivity contribution in [1.29, 1.82) is 0 Å². The van der Waals surface area contributed by atoms with Crippen molar-refractivity contribution in [3.05, 3.63) is 0 Å². The Bertz CT molecular complexity index is 76.1. The Labute approximate surface area is 58.5 Å². The molecule has 0 rings (SSSR count). The minimum atomic E-state index is -1.83. The quantitative estimate of drug-likeness (QED) is 0.427. The van der Waals surface area contributed by atoms with Crippen LogP contribution >= 0.6 is 0 Å². The molecule has 0 aliphatic heterocycles.